The highest BCUT2D eigenvalue weighted by atomic mass is 19.4. The lowest BCUT2D eigenvalue weighted by Gasteiger charge is -2.27. The van der Waals surface area contributed by atoms with E-state index in [1.807, 2.05) is 0 Å². The Morgan fingerprint density at radius 1 is 1.06 bits per heavy atom. The third-order valence-electron chi connectivity index (χ3n) is 10.00. The predicted octanol–water partition coefficient (Wildman–Crippen LogP) is 4.56. The van der Waals surface area contributed by atoms with Crippen molar-refractivity contribution in [2.75, 3.05) is 18.5 Å². The van der Waals surface area contributed by atoms with Crippen molar-refractivity contribution in [3.63, 3.8) is 0 Å². The lowest BCUT2D eigenvalue weighted by atomic mass is 9.98. The first kappa shape index (κ1) is 36.7. The average molecular weight is 753 g/mol. The van der Waals surface area contributed by atoms with E-state index in [1.54, 1.807) is 31.5 Å². The number of carbonyl (C=O) groups is 4. The van der Waals surface area contributed by atoms with Crippen LogP contribution in [0.15, 0.2) is 48.8 Å². The van der Waals surface area contributed by atoms with E-state index in [0.717, 1.165) is 18.2 Å². The van der Waals surface area contributed by atoms with Crippen molar-refractivity contribution >= 4 is 40.2 Å². The Morgan fingerprint density at radius 3 is 2.50 bits per heavy atom. The number of hydrogen-bond donors (Lipinski definition) is 2. The quantitative estimate of drug-likeness (QED) is 0.173. The summed E-state index contributed by atoms with van der Waals surface area (Å²) >= 11 is 0. The van der Waals surface area contributed by atoms with E-state index < -0.39 is 65.3 Å². The second kappa shape index (κ2) is 13.3. The molecule has 13 nitrogen and oxygen atoms in total. The summed E-state index contributed by atoms with van der Waals surface area (Å²) in [5.74, 6) is -7.27. The average Bonchev–Trinajstić information content (AvgIpc) is 3.52. The first-order valence-corrected chi connectivity index (χ1v) is 16.9. The Morgan fingerprint density at radius 2 is 1.80 bits per heavy atom. The second-order valence-electron chi connectivity index (χ2n) is 13.8. The molecule has 0 unspecified atom stereocenters. The third kappa shape index (κ3) is 6.81. The van der Waals surface area contributed by atoms with Gasteiger partial charge in [-0.25, -0.2) is 15.0 Å². The van der Waals surface area contributed by atoms with Gasteiger partial charge in [0, 0.05) is 53.8 Å². The molecule has 2 bridgehead atoms. The minimum atomic E-state index is -4.80. The van der Waals surface area contributed by atoms with Gasteiger partial charge in [-0.15, -0.1) is 0 Å². The van der Waals surface area contributed by atoms with Crippen LogP contribution in [0.1, 0.15) is 52.9 Å². The molecule has 2 aliphatic heterocycles. The fourth-order valence-corrected chi connectivity index (χ4v) is 7.17. The van der Waals surface area contributed by atoms with Gasteiger partial charge in [0.15, 0.2) is 5.78 Å². The Hall–Kier alpha value is -5.65. The van der Waals surface area contributed by atoms with Crippen LogP contribution in [0, 0.1) is 19.3 Å². The smallest absolute Gasteiger partial charge is 0.373 e. The molecule has 1 aliphatic carbocycles. The molecule has 282 valence electrons. The van der Waals surface area contributed by atoms with Crippen molar-refractivity contribution < 1.29 is 45.9 Å². The van der Waals surface area contributed by atoms with Crippen LogP contribution in [-0.2, 0) is 38.4 Å². The standard InChI is InChI=1S/C36H33F5N8O5/c1-18-5-6-26(36(39,40)41)45-31(18)46-32(52)25-11-34-12-27(34)49(25)28(51)15-48-30-22(16-54-8-4-7-35(37,38)33(53)44-17-34)9-21(23-13-42-20(3)43-14-23)10-24(30)29(47-48)19(2)50/h4-7,9-10,13-14,25,27H,8,11-12,15-17H2,1-3H3,(H,44,53)(H,45,46,52)/t25-,27+,34-/m0/s1. The number of Topliss-reactive ketones (excluding diaryl/α,β-unsaturated/α-hetero) is 1. The van der Waals surface area contributed by atoms with Crippen LogP contribution in [0.25, 0.3) is 22.0 Å². The number of aryl methyl sites for hydroxylation is 2. The number of benzene rings is 1. The molecule has 2 N–H and O–H groups in total. The number of nitrogens with zero attached hydrogens (tertiary/aromatic N) is 6. The van der Waals surface area contributed by atoms with Gasteiger partial charge in [-0.2, -0.15) is 27.1 Å². The van der Waals surface area contributed by atoms with E-state index in [1.165, 1.54) is 23.4 Å². The highest BCUT2D eigenvalue weighted by molar-refractivity contribution is 6.07. The Balaban J connectivity index is 1.31. The highest BCUT2D eigenvalue weighted by Gasteiger charge is 2.67. The molecule has 1 saturated heterocycles. The Kier molecular flexibility index (Phi) is 9.06. The molecule has 2 fully saturated rings. The molecule has 1 aromatic carbocycles. The molecular formula is C36H33F5N8O5. The van der Waals surface area contributed by atoms with Crippen LogP contribution >= 0.6 is 0 Å². The van der Waals surface area contributed by atoms with E-state index in [4.69, 9.17) is 4.74 Å². The number of nitrogens with one attached hydrogen (secondary N) is 2. The van der Waals surface area contributed by atoms with E-state index in [-0.39, 0.29) is 49.7 Å². The number of carbonyl (C=O) groups excluding carboxylic acids is 4. The number of alkyl halides is 5. The summed E-state index contributed by atoms with van der Waals surface area (Å²) in [6.45, 7) is 3.18. The van der Waals surface area contributed by atoms with Crippen LogP contribution in [-0.4, -0.2) is 84.3 Å². The van der Waals surface area contributed by atoms with Crippen molar-refractivity contribution in [3.8, 4) is 11.1 Å². The van der Waals surface area contributed by atoms with Crippen molar-refractivity contribution in [2.24, 2.45) is 5.41 Å². The number of amides is 3. The summed E-state index contributed by atoms with van der Waals surface area (Å²) < 4.78 is 77.3. The van der Waals surface area contributed by atoms with Crippen LogP contribution in [0.5, 0.6) is 0 Å². The number of rotatable bonds is 4. The molecule has 7 rings (SSSR count). The van der Waals surface area contributed by atoms with Gasteiger partial charge in [0.25, 0.3) is 5.91 Å². The molecule has 3 atom stereocenters. The van der Waals surface area contributed by atoms with E-state index >= 15 is 0 Å². The number of hydrogen-bond acceptors (Lipinski definition) is 9. The number of piperidine rings is 1. The number of ketones is 1. The summed E-state index contributed by atoms with van der Waals surface area (Å²) in [5, 5.41) is 9.55. The lowest BCUT2D eigenvalue weighted by Crippen LogP contribution is -2.47. The third-order valence-corrected chi connectivity index (χ3v) is 10.00. The zero-order chi connectivity index (χ0) is 38.7. The molecule has 1 saturated carbocycles. The number of anilines is 1. The van der Waals surface area contributed by atoms with Crippen LogP contribution in [0.2, 0.25) is 0 Å². The first-order chi connectivity index (χ1) is 25.5. The topological polar surface area (TPSA) is 161 Å². The summed E-state index contributed by atoms with van der Waals surface area (Å²) in [6.07, 6.45) is -0.0317. The van der Waals surface area contributed by atoms with Gasteiger partial charge in [-0.1, -0.05) is 12.1 Å². The van der Waals surface area contributed by atoms with Gasteiger partial charge in [0.05, 0.1) is 18.7 Å². The zero-order valence-corrected chi connectivity index (χ0v) is 29.1. The number of halogens is 5. The maximum Gasteiger partial charge on any atom is 0.433 e. The fourth-order valence-electron chi connectivity index (χ4n) is 7.17. The summed E-state index contributed by atoms with van der Waals surface area (Å²) in [7, 11) is 0. The van der Waals surface area contributed by atoms with E-state index in [2.05, 4.69) is 30.7 Å². The monoisotopic (exact) mass is 752 g/mol. The van der Waals surface area contributed by atoms with Crippen LogP contribution in [0.3, 0.4) is 0 Å². The number of aromatic nitrogens is 5. The van der Waals surface area contributed by atoms with Gasteiger partial charge in [-0.05, 0) is 62.1 Å². The SMILES string of the molecule is CC(=O)c1nn2c3c(cc(-c4cnc(C)nc4)cc13)COCC=CC(F)(F)C(=O)NC[C@@]13C[C@@H](C(=O)Nc4nc(C(F)(F)F)ccc4C)N(C(=O)C2)[C@@H]1C3. The van der Waals surface area contributed by atoms with Crippen molar-refractivity contribution in [2.45, 2.75) is 70.9 Å². The Bertz CT molecular complexity index is 2240. The van der Waals surface area contributed by atoms with E-state index in [0.29, 0.717) is 39.5 Å². The molecule has 0 radical (unpaired) electrons. The minimum Gasteiger partial charge on any atom is -0.373 e. The molecule has 0 spiro atoms. The Labute approximate surface area is 304 Å². The maximum absolute atomic E-state index is 14.9. The number of pyridine rings is 1. The van der Waals surface area contributed by atoms with Crippen molar-refractivity contribution in [3.05, 3.63) is 77.2 Å². The first-order valence-electron chi connectivity index (χ1n) is 16.9. The molecule has 5 heterocycles. The normalized spacial score (nSPS) is 22.8. The molecule has 18 heteroatoms. The summed E-state index contributed by atoms with van der Waals surface area (Å²) in [6, 6.07) is 3.35. The van der Waals surface area contributed by atoms with Crippen molar-refractivity contribution in [1.82, 2.24) is 34.9 Å². The second-order valence-corrected chi connectivity index (χ2v) is 13.8. The van der Waals surface area contributed by atoms with Crippen LogP contribution in [0.4, 0.5) is 27.8 Å². The predicted molar refractivity (Wildman–Crippen MR) is 181 cm³/mol. The van der Waals surface area contributed by atoms with Gasteiger partial charge in [-0.3, -0.25) is 23.9 Å². The van der Waals surface area contributed by atoms with Gasteiger partial charge < -0.3 is 20.3 Å². The van der Waals surface area contributed by atoms with Gasteiger partial charge in [0.1, 0.15) is 35.6 Å². The molecule has 3 aliphatic rings. The molecule has 3 aromatic heterocycles. The summed E-state index contributed by atoms with van der Waals surface area (Å²) in [4.78, 5) is 67.1. The minimum absolute atomic E-state index is 0.0353. The zero-order valence-electron chi connectivity index (χ0n) is 29.1. The summed E-state index contributed by atoms with van der Waals surface area (Å²) in [5.41, 5.74) is -0.0162. The maximum atomic E-state index is 14.9. The molecule has 4 aromatic rings. The largest absolute Gasteiger partial charge is 0.433 e. The van der Waals surface area contributed by atoms with Gasteiger partial charge in [0.2, 0.25) is 11.8 Å². The number of ether oxygens (including phenoxy) is 1. The van der Waals surface area contributed by atoms with Crippen LogP contribution < -0.4 is 10.6 Å². The van der Waals surface area contributed by atoms with Gasteiger partial charge >= 0.3 is 12.1 Å². The molecule has 3 amide bonds. The molecular weight excluding hydrogens is 719 g/mol. The van der Waals surface area contributed by atoms with Crippen molar-refractivity contribution in [1.29, 1.82) is 0 Å². The fraction of sp³-hybridized carbons (Fsp3) is 0.389. The van der Waals surface area contributed by atoms with E-state index in [9.17, 15) is 41.1 Å². The molecule has 54 heavy (non-hydrogen) atoms. The highest BCUT2D eigenvalue weighted by Crippen LogP contribution is 2.59. The lowest BCUT2D eigenvalue weighted by molar-refractivity contribution is -0.141.